The molecule has 0 saturated carbocycles. The Hall–Kier alpha value is -1.82. The highest BCUT2D eigenvalue weighted by Crippen LogP contribution is 2.09. The molecule has 1 heterocycles. The van der Waals surface area contributed by atoms with E-state index in [0.717, 1.165) is 6.92 Å². The average Bonchev–Trinajstić information content (AvgIpc) is 2.74. The van der Waals surface area contributed by atoms with Gasteiger partial charge in [-0.2, -0.15) is 0 Å². The van der Waals surface area contributed by atoms with Crippen LogP contribution in [0, 0.1) is 0 Å². The second-order valence-corrected chi connectivity index (χ2v) is 3.88. The van der Waals surface area contributed by atoms with Crippen molar-refractivity contribution in [3.63, 3.8) is 0 Å². The molecule has 1 aromatic rings. The Morgan fingerprint density at radius 3 is 2.59 bits per heavy atom. The number of rotatable bonds is 5. The SMILES string of the molecule is CCc1ccc(C(=O)NCC(C)(O)C(=O)O)o1. The van der Waals surface area contributed by atoms with E-state index < -0.39 is 17.5 Å². The minimum absolute atomic E-state index is 0.100. The normalized spacial score (nSPS) is 14.1. The Labute approximate surface area is 98.2 Å². The highest BCUT2D eigenvalue weighted by atomic mass is 16.4. The third-order valence-corrected chi connectivity index (χ3v) is 2.29. The van der Waals surface area contributed by atoms with E-state index in [1.165, 1.54) is 6.07 Å². The lowest BCUT2D eigenvalue weighted by Crippen LogP contribution is -2.46. The van der Waals surface area contributed by atoms with Gasteiger partial charge in [-0.15, -0.1) is 0 Å². The summed E-state index contributed by atoms with van der Waals surface area (Å²) in [6.07, 6.45) is 0.667. The lowest BCUT2D eigenvalue weighted by molar-refractivity contribution is -0.155. The molecule has 0 aliphatic rings. The van der Waals surface area contributed by atoms with E-state index in [1.54, 1.807) is 6.07 Å². The molecule has 1 atom stereocenters. The van der Waals surface area contributed by atoms with Gasteiger partial charge in [-0.1, -0.05) is 6.92 Å². The van der Waals surface area contributed by atoms with E-state index in [4.69, 9.17) is 9.52 Å². The smallest absolute Gasteiger partial charge is 0.337 e. The van der Waals surface area contributed by atoms with Crippen molar-refractivity contribution in [3.8, 4) is 0 Å². The summed E-state index contributed by atoms with van der Waals surface area (Å²) in [6, 6.07) is 3.17. The largest absolute Gasteiger partial charge is 0.479 e. The van der Waals surface area contributed by atoms with Crippen LogP contribution in [0.15, 0.2) is 16.5 Å². The standard InChI is InChI=1S/C11H15NO5/c1-3-7-4-5-8(17-7)9(13)12-6-11(2,16)10(14)15/h4-5,16H,3,6H2,1-2H3,(H,12,13)(H,14,15). The van der Waals surface area contributed by atoms with Crippen molar-refractivity contribution in [2.45, 2.75) is 25.9 Å². The number of furan rings is 1. The quantitative estimate of drug-likeness (QED) is 0.693. The number of amides is 1. The van der Waals surface area contributed by atoms with Gasteiger partial charge in [0.1, 0.15) is 5.76 Å². The molecule has 1 aromatic heterocycles. The highest BCUT2D eigenvalue weighted by molar-refractivity contribution is 5.92. The summed E-state index contributed by atoms with van der Waals surface area (Å²) in [5.74, 6) is -1.18. The molecule has 0 aromatic carbocycles. The summed E-state index contributed by atoms with van der Waals surface area (Å²) >= 11 is 0. The van der Waals surface area contributed by atoms with Crippen molar-refractivity contribution in [2.75, 3.05) is 6.54 Å². The van der Waals surface area contributed by atoms with Crippen molar-refractivity contribution in [3.05, 3.63) is 23.7 Å². The first-order chi connectivity index (χ1) is 7.86. The van der Waals surface area contributed by atoms with Gasteiger partial charge in [0.2, 0.25) is 0 Å². The molecule has 1 rings (SSSR count). The summed E-state index contributed by atoms with van der Waals surface area (Å²) in [4.78, 5) is 22.1. The van der Waals surface area contributed by atoms with Crippen LogP contribution in [-0.4, -0.2) is 34.2 Å². The van der Waals surface area contributed by atoms with Crippen LogP contribution >= 0.6 is 0 Å². The van der Waals surface area contributed by atoms with Gasteiger partial charge in [0.25, 0.3) is 5.91 Å². The summed E-state index contributed by atoms with van der Waals surface area (Å²) in [6.45, 7) is 2.61. The zero-order valence-corrected chi connectivity index (χ0v) is 9.69. The van der Waals surface area contributed by atoms with Crippen LogP contribution in [-0.2, 0) is 11.2 Å². The van der Waals surface area contributed by atoms with Crippen molar-refractivity contribution in [1.82, 2.24) is 5.32 Å². The number of carboxylic acids is 1. The molecule has 1 amide bonds. The van der Waals surface area contributed by atoms with Gasteiger partial charge >= 0.3 is 5.97 Å². The van der Waals surface area contributed by atoms with Gasteiger partial charge in [-0.25, -0.2) is 4.79 Å². The van der Waals surface area contributed by atoms with Crippen LogP contribution in [0.4, 0.5) is 0 Å². The molecule has 0 bridgehead atoms. The molecular formula is C11H15NO5. The number of hydrogen-bond acceptors (Lipinski definition) is 4. The van der Waals surface area contributed by atoms with Crippen LogP contribution in [0.25, 0.3) is 0 Å². The first-order valence-electron chi connectivity index (χ1n) is 5.19. The summed E-state index contributed by atoms with van der Waals surface area (Å²) in [7, 11) is 0. The van der Waals surface area contributed by atoms with Crippen molar-refractivity contribution >= 4 is 11.9 Å². The molecule has 6 heteroatoms. The summed E-state index contributed by atoms with van der Waals surface area (Å²) in [5.41, 5.74) is -1.99. The third-order valence-electron chi connectivity index (χ3n) is 2.29. The molecule has 0 fully saturated rings. The number of aliphatic carboxylic acids is 1. The van der Waals surface area contributed by atoms with Crippen LogP contribution < -0.4 is 5.32 Å². The van der Waals surface area contributed by atoms with E-state index in [0.29, 0.717) is 12.2 Å². The van der Waals surface area contributed by atoms with Crippen LogP contribution in [0.2, 0.25) is 0 Å². The molecule has 94 valence electrons. The number of hydrogen-bond donors (Lipinski definition) is 3. The maximum absolute atomic E-state index is 11.5. The minimum atomic E-state index is -1.99. The fourth-order valence-corrected chi connectivity index (χ4v) is 1.11. The molecule has 1 unspecified atom stereocenters. The van der Waals surface area contributed by atoms with Gasteiger partial charge in [0.05, 0.1) is 6.54 Å². The Bertz CT molecular complexity index is 421. The van der Waals surface area contributed by atoms with Crippen molar-refractivity contribution in [1.29, 1.82) is 0 Å². The Morgan fingerprint density at radius 1 is 1.47 bits per heavy atom. The molecule has 6 nitrogen and oxygen atoms in total. The van der Waals surface area contributed by atoms with E-state index >= 15 is 0 Å². The highest BCUT2D eigenvalue weighted by Gasteiger charge is 2.30. The molecule has 17 heavy (non-hydrogen) atoms. The molecule has 0 aliphatic heterocycles. The van der Waals surface area contributed by atoms with Crippen LogP contribution in [0.3, 0.4) is 0 Å². The molecule has 0 aliphatic carbocycles. The first-order valence-corrected chi connectivity index (χ1v) is 5.19. The van der Waals surface area contributed by atoms with Crippen molar-refractivity contribution in [2.24, 2.45) is 0 Å². The Morgan fingerprint density at radius 2 is 2.12 bits per heavy atom. The number of aryl methyl sites for hydroxylation is 1. The molecular weight excluding hydrogens is 226 g/mol. The predicted molar refractivity (Wildman–Crippen MR) is 58.7 cm³/mol. The number of aliphatic hydroxyl groups is 1. The molecule has 3 N–H and O–H groups in total. The maximum Gasteiger partial charge on any atom is 0.337 e. The van der Waals surface area contributed by atoms with Gasteiger partial charge < -0.3 is 19.9 Å². The topological polar surface area (TPSA) is 99.8 Å². The van der Waals surface area contributed by atoms with Gasteiger partial charge in [-0.05, 0) is 19.1 Å². The fraction of sp³-hybridized carbons (Fsp3) is 0.455. The molecule has 0 saturated heterocycles. The molecule has 0 radical (unpaired) electrons. The summed E-state index contributed by atoms with van der Waals surface area (Å²) in [5, 5.41) is 20.3. The average molecular weight is 241 g/mol. The zero-order chi connectivity index (χ0) is 13.1. The number of carboxylic acid groups (broad SMARTS) is 1. The van der Waals surface area contributed by atoms with E-state index in [2.05, 4.69) is 5.32 Å². The Balaban J connectivity index is 2.58. The summed E-state index contributed by atoms with van der Waals surface area (Å²) < 4.78 is 5.18. The monoisotopic (exact) mass is 241 g/mol. The zero-order valence-electron chi connectivity index (χ0n) is 9.69. The van der Waals surface area contributed by atoms with Gasteiger partial charge in [0.15, 0.2) is 11.4 Å². The lowest BCUT2D eigenvalue weighted by atomic mass is 10.1. The second-order valence-electron chi connectivity index (χ2n) is 3.88. The number of carbonyl (C=O) groups excluding carboxylic acids is 1. The van der Waals surface area contributed by atoms with E-state index in [1.807, 2.05) is 6.92 Å². The van der Waals surface area contributed by atoms with E-state index in [9.17, 15) is 14.7 Å². The number of nitrogens with one attached hydrogen (secondary N) is 1. The second kappa shape index (κ2) is 5.01. The lowest BCUT2D eigenvalue weighted by Gasteiger charge is -2.17. The minimum Gasteiger partial charge on any atom is -0.479 e. The third kappa shape index (κ3) is 3.32. The van der Waals surface area contributed by atoms with Crippen LogP contribution in [0.5, 0.6) is 0 Å². The first kappa shape index (κ1) is 13.2. The maximum atomic E-state index is 11.5. The predicted octanol–water partition coefficient (Wildman–Crippen LogP) is 0.407. The van der Waals surface area contributed by atoms with Crippen molar-refractivity contribution < 1.29 is 24.2 Å². The molecule has 0 spiro atoms. The van der Waals surface area contributed by atoms with E-state index in [-0.39, 0.29) is 12.3 Å². The number of carbonyl (C=O) groups is 2. The van der Waals surface area contributed by atoms with Crippen LogP contribution in [0.1, 0.15) is 30.2 Å². The fourth-order valence-electron chi connectivity index (χ4n) is 1.11. The Kier molecular flexibility index (Phi) is 3.90. The van der Waals surface area contributed by atoms with Gasteiger partial charge in [-0.3, -0.25) is 4.79 Å². The van der Waals surface area contributed by atoms with Gasteiger partial charge in [0, 0.05) is 6.42 Å².